The van der Waals surface area contributed by atoms with E-state index in [9.17, 15) is 4.79 Å². The first-order chi connectivity index (χ1) is 10.7. The van der Waals surface area contributed by atoms with Crippen molar-refractivity contribution in [1.29, 1.82) is 0 Å². The second-order valence-electron chi connectivity index (χ2n) is 7.22. The second kappa shape index (κ2) is 6.85. The SMILES string of the molecule is CC(C)c1cc2c(c(C(=O)C3CCCCC3)c1)OCCCC2. The zero-order valence-electron chi connectivity index (χ0n) is 14.0. The molecule has 0 unspecified atom stereocenters. The molecule has 3 rings (SSSR count). The van der Waals surface area contributed by atoms with Crippen LogP contribution in [-0.2, 0) is 6.42 Å². The van der Waals surface area contributed by atoms with Gasteiger partial charge in [0.05, 0.1) is 12.2 Å². The summed E-state index contributed by atoms with van der Waals surface area (Å²) in [4.78, 5) is 13.1. The first kappa shape index (κ1) is 15.6. The van der Waals surface area contributed by atoms with Crippen molar-refractivity contribution in [2.24, 2.45) is 5.92 Å². The molecule has 0 bridgehead atoms. The minimum Gasteiger partial charge on any atom is -0.493 e. The van der Waals surface area contributed by atoms with E-state index in [2.05, 4.69) is 26.0 Å². The number of rotatable bonds is 3. The van der Waals surface area contributed by atoms with Gasteiger partial charge in [0, 0.05) is 5.92 Å². The molecule has 120 valence electrons. The van der Waals surface area contributed by atoms with Gasteiger partial charge in [-0.3, -0.25) is 4.79 Å². The Labute approximate surface area is 134 Å². The Hall–Kier alpha value is -1.31. The third-order valence-corrected chi connectivity index (χ3v) is 5.18. The van der Waals surface area contributed by atoms with Gasteiger partial charge in [-0.25, -0.2) is 0 Å². The number of benzene rings is 1. The predicted molar refractivity (Wildman–Crippen MR) is 89.9 cm³/mol. The average molecular weight is 300 g/mol. The summed E-state index contributed by atoms with van der Waals surface area (Å²) in [6.45, 7) is 5.15. The molecule has 1 aromatic carbocycles. The van der Waals surface area contributed by atoms with E-state index in [0.717, 1.165) is 50.0 Å². The van der Waals surface area contributed by atoms with Crippen LogP contribution in [0.4, 0.5) is 0 Å². The van der Waals surface area contributed by atoms with Gasteiger partial charge >= 0.3 is 0 Å². The van der Waals surface area contributed by atoms with E-state index in [-0.39, 0.29) is 5.92 Å². The molecular formula is C20H28O2. The van der Waals surface area contributed by atoms with Gasteiger partial charge < -0.3 is 4.74 Å². The Bertz CT molecular complexity index is 539. The third-order valence-electron chi connectivity index (χ3n) is 5.18. The van der Waals surface area contributed by atoms with Crippen molar-refractivity contribution in [3.8, 4) is 5.75 Å². The van der Waals surface area contributed by atoms with Crippen LogP contribution in [0.5, 0.6) is 5.75 Å². The number of carbonyl (C=O) groups is 1. The molecule has 22 heavy (non-hydrogen) atoms. The highest BCUT2D eigenvalue weighted by atomic mass is 16.5. The number of hydrogen-bond acceptors (Lipinski definition) is 2. The van der Waals surface area contributed by atoms with Crippen molar-refractivity contribution in [3.63, 3.8) is 0 Å². The summed E-state index contributed by atoms with van der Waals surface area (Å²) in [5, 5.41) is 0. The van der Waals surface area contributed by atoms with E-state index >= 15 is 0 Å². The quantitative estimate of drug-likeness (QED) is 0.709. The summed E-state index contributed by atoms with van der Waals surface area (Å²) >= 11 is 0. The molecule has 1 aromatic rings. The molecule has 1 heterocycles. The molecule has 0 amide bonds. The zero-order valence-corrected chi connectivity index (χ0v) is 14.0. The van der Waals surface area contributed by atoms with Crippen LogP contribution >= 0.6 is 0 Å². The molecule has 0 atom stereocenters. The highest BCUT2D eigenvalue weighted by molar-refractivity contribution is 6.01. The lowest BCUT2D eigenvalue weighted by molar-refractivity contribution is 0.0885. The van der Waals surface area contributed by atoms with Gasteiger partial charge in [-0.1, -0.05) is 39.2 Å². The summed E-state index contributed by atoms with van der Waals surface area (Å²) in [5.41, 5.74) is 3.40. The lowest BCUT2D eigenvalue weighted by atomic mass is 9.82. The van der Waals surface area contributed by atoms with Gasteiger partial charge in [0.15, 0.2) is 5.78 Å². The van der Waals surface area contributed by atoms with E-state index in [0.29, 0.717) is 11.7 Å². The second-order valence-corrected chi connectivity index (χ2v) is 7.22. The Balaban J connectivity index is 2.00. The van der Waals surface area contributed by atoms with Crippen molar-refractivity contribution in [3.05, 3.63) is 28.8 Å². The van der Waals surface area contributed by atoms with Gasteiger partial charge in [0.2, 0.25) is 0 Å². The molecular weight excluding hydrogens is 272 g/mol. The molecule has 0 radical (unpaired) electrons. The largest absolute Gasteiger partial charge is 0.493 e. The fourth-order valence-corrected chi connectivity index (χ4v) is 3.76. The van der Waals surface area contributed by atoms with E-state index in [1.807, 2.05) is 0 Å². The van der Waals surface area contributed by atoms with Gasteiger partial charge in [0.25, 0.3) is 0 Å². The topological polar surface area (TPSA) is 26.3 Å². The highest BCUT2D eigenvalue weighted by Gasteiger charge is 2.27. The van der Waals surface area contributed by atoms with Crippen molar-refractivity contribution < 1.29 is 9.53 Å². The van der Waals surface area contributed by atoms with Crippen LogP contribution in [0.15, 0.2) is 12.1 Å². The van der Waals surface area contributed by atoms with Crippen molar-refractivity contribution in [2.75, 3.05) is 6.61 Å². The summed E-state index contributed by atoms with van der Waals surface area (Å²) < 4.78 is 6.01. The highest BCUT2D eigenvalue weighted by Crippen LogP contribution is 2.36. The minimum atomic E-state index is 0.215. The van der Waals surface area contributed by atoms with Crippen LogP contribution in [0.1, 0.15) is 86.2 Å². The van der Waals surface area contributed by atoms with Crippen molar-refractivity contribution in [1.82, 2.24) is 0 Å². The Morgan fingerprint density at radius 1 is 1.09 bits per heavy atom. The Kier molecular flexibility index (Phi) is 4.85. The fourth-order valence-electron chi connectivity index (χ4n) is 3.76. The van der Waals surface area contributed by atoms with E-state index in [4.69, 9.17) is 4.74 Å². The lowest BCUT2D eigenvalue weighted by Gasteiger charge is -2.23. The van der Waals surface area contributed by atoms with E-state index < -0.39 is 0 Å². The summed E-state index contributed by atoms with van der Waals surface area (Å²) in [7, 11) is 0. The summed E-state index contributed by atoms with van der Waals surface area (Å²) in [6, 6.07) is 4.38. The standard InChI is InChI=1S/C20H28O2/c1-14(2)17-12-16-10-6-7-11-22-20(16)18(13-17)19(21)15-8-4-3-5-9-15/h12-15H,3-11H2,1-2H3. The summed E-state index contributed by atoms with van der Waals surface area (Å²) in [5.74, 6) is 1.90. The van der Waals surface area contributed by atoms with Gasteiger partial charge in [-0.05, 0) is 55.2 Å². The maximum absolute atomic E-state index is 13.1. The summed E-state index contributed by atoms with van der Waals surface area (Å²) in [6.07, 6.45) is 9.07. The molecule has 1 saturated carbocycles. The molecule has 1 aliphatic heterocycles. The van der Waals surface area contributed by atoms with Gasteiger partial charge in [-0.2, -0.15) is 0 Å². The first-order valence-electron chi connectivity index (χ1n) is 9.00. The van der Waals surface area contributed by atoms with Crippen LogP contribution < -0.4 is 4.74 Å². The monoisotopic (exact) mass is 300 g/mol. The molecule has 2 aliphatic rings. The average Bonchev–Trinajstić information content (AvgIpc) is 2.79. The van der Waals surface area contributed by atoms with Crippen LogP contribution in [0, 0.1) is 5.92 Å². The van der Waals surface area contributed by atoms with Crippen LogP contribution in [0.3, 0.4) is 0 Å². The lowest BCUT2D eigenvalue weighted by Crippen LogP contribution is -2.19. The van der Waals surface area contributed by atoms with Crippen LogP contribution in [0.2, 0.25) is 0 Å². The number of Topliss-reactive ketones (excluding diaryl/α,β-unsaturated/α-hetero) is 1. The van der Waals surface area contributed by atoms with Gasteiger partial charge in [0.1, 0.15) is 5.75 Å². The van der Waals surface area contributed by atoms with Crippen molar-refractivity contribution in [2.45, 2.75) is 71.1 Å². The van der Waals surface area contributed by atoms with Gasteiger partial charge in [-0.15, -0.1) is 0 Å². The molecule has 0 aromatic heterocycles. The Morgan fingerprint density at radius 2 is 1.86 bits per heavy atom. The number of fused-ring (bicyclic) bond motifs is 1. The predicted octanol–water partition coefficient (Wildman–Crippen LogP) is 5.29. The molecule has 2 nitrogen and oxygen atoms in total. The Morgan fingerprint density at radius 3 is 2.59 bits per heavy atom. The third kappa shape index (κ3) is 3.21. The minimum absolute atomic E-state index is 0.215. The molecule has 0 saturated heterocycles. The number of aryl methyl sites for hydroxylation is 1. The fraction of sp³-hybridized carbons (Fsp3) is 0.650. The maximum Gasteiger partial charge on any atom is 0.169 e. The molecule has 1 aliphatic carbocycles. The zero-order chi connectivity index (χ0) is 15.5. The molecule has 0 N–H and O–H groups in total. The van der Waals surface area contributed by atoms with Crippen LogP contribution in [-0.4, -0.2) is 12.4 Å². The maximum atomic E-state index is 13.1. The van der Waals surface area contributed by atoms with E-state index in [1.165, 1.54) is 30.4 Å². The normalized spacial score (nSPS) is 19.4. The number of ketones is 1. The van der Waals surface area contributed by atoms with Crippen molar-refractivity contribution >= 4 is 5.78 Å². The molecule has 2 heteroatoms. The molecule has 1 fully saturated rings. The molecule has 0 spiro atoms. The number of ether oxygens (including phenoxy) is 1. The number of carbonyl (C=O) groups excluding carboxylic acids is 1. The first-order valence-corrected chi connectivity index (χ1v) is 9.00. The smallest absolute Gasteiger partial charge is 0.169 e. The number of hydrogen-bond donors (Lipinski definition) is 0. The van der Waals surface area contributed by atoms with Crippen LogP contribution in [0.25, 0.3) is 0 Å². The van der Waals surface area contributed by atoms with E-state index in [1.54, 1.807) is 0 Å².